The molecule has 0 aromatic heterocycles. The minimum Gasteiger partial charge on any atom is -0.405 e. The highest BCUT2D eigenvalue weighted by molar-refractivity contribution is 6.03. The number of rotatable bonds is 2. The number of nitrogens with zero attached hydrogens (tertiary/aromatic N) is 2. The SMILES string of the molecule is CC1(C)CC2(C=C(C#N)C1=O)CCN(C(=O)/C(N)=C/C=C\N)C2. The molecule has 1 amide bonds. The molecule has 1 saturated heterocycles. The third kappa shape index (κ3) is 3.14. The zero-order valence-electron chi connectivity index (χ0n) is 13.5. The lowest BCUT2D eigenvalue weighted by Crippen LogP contribution is -2.41. The molecule has 2 aliphatic rings. The molecule has 1 spiro atoms. The normalized spacial score (nSPS) is 27.3. The minimum absolute atomic E-state index is 0.122. The van der Waals surface area contributed by atoms with Crippen LogP contribution in [0.4, 0.5) is 0 Å². The highest BCUT2D eigenvalue weighted by Crippen LogP contribution is 2.47. The van der Waals surface area contributed by atoms with E-state index < -0.39 is 5.41 Å². The number of allylic oxidation sites excluding steroid dienone is 3. The van der Waals surface area contributed by atoms with Gasteiger partial charge in [0.1, 0.15) is 6.07 Å². The lowest BCUT2D eigenvalue weighted by atomic mass is 9.64. The van der Waals surface area contributed by atoms with Crippen LogP contribution in [0.5, 0.6) is 0 Å². The molecule has 1 aliphatic carbocycles. The molecule has 0 bridgehead atoms. The van der Waals surface area contributed by atoms with E-state index in [0.29, 0.717) is 19.5 Å². The first-order valence-corrected chi connectivity index (χ1v) is 7.56. The summed E-state index contributed by atoms with van der Waals surface area (Å²) < 4.78 is 0. The van der Waals surface area contributed by atoms with Gasteiger partial charge in [0.25, 0.3) is 5.91 Å². The molecular weight excluding hydrogens is 292 g/mol. The molecule has 122 valence electrons. The quantitative estimate of drug-likeness (QED) is 0.582. The van der Waals surface area contributed by atoms with E-state index in [0.717, 1.165) is 6.42 Å². The molecule has 0 saturated carbocycles. The van der Waals surface area contributed by atoms with Gasteiger partial charge in [0, 0.05) is 23.9 Å². The van der Waals surface area contributed by atoms with Crippen LogP contribution in [0.1, 0.15) is 26.7 Å². The van der Waals surface area contributed by atoms with Crippen LogP contribution in [0.15, 0.2) is 35.7 Å². The lowest BCUT2D eigenvalue weighted by Gasteiger charge is -2.38. The van der Waals surface area contributed by atoms with Crippen molar-refractivity contribution in [2.24, 2.45) is 22.3 Å². The summed E-state index contributed by atoms with van der Waals surface area (Å²) in [6.45, 7) is 4.73. The van der Waals surface area contributed by atoms with Crippen LogP contribution < -0.4 is 11.5 Å². The van der Waals surface area contributed by atoms with E-state index in [1.54, 1.807) is 11.0 Å². The molecule has 0 radical (unpaired) electrons. The molecule has 1 heterocycles. The van der Waals surface area contributed by atoms with Gasteiger partial charge in [-0.1, -0.05) is 19.9 Å². The summed E-state index contributed by atoms with van der Waals surface area (Å²) in [4.78, 5) is 26.3. The second-order valence-electron chi connectivity index (χ2n) is 6.91. The van der Waals surface area contributed by atoms with Crippen molar-refractivity contribution in [3.63, 3.8) is 0 Å². The van der Waals surface area contributed by atoms with E-state index >= 15 is 0 Å². The fourth-order valence-electron chi connectivity index (χ4n) is 3.58. The number of nitrogens with two attached hydrogens (primary N) is 2. The average molecular weight is 314 g/mol. The molecule has 1 atom stereocenters. The first-order chi connectivity index (χ1) is 10.7. The van der Waals surface area contributed by atoms with Crippen LogP contribution in [0.2, 0.25) is 0 Å². The van der Waals surface area contributed by atoms with Gasteiger partial charge in [0.15, 0.2) is 5.78 Å². The third-order valence-electron chi connectivity index (χ3n) is 4.53. The van der Waals surface area contributed by atoms with E-state index in [2.05, 4.69) is 0 Å². The summed E-state index contributed by atoms with van der Waals surface area (Å²) in [5.74, 6) is -0.371. The van der Waals surface area contributed by atoms with Crippen molar-refractivity contribution >= 4 is 11.7 Å². The van der Waals surface area contributed by atoms with Crippen LogP contribution in [0.25, 0.3) is 0 Å². The van der Waals surface area contributed by atoms with E-state index in [1.165, 1.54) is 18.4 Å². The Bertz CT molecular complexity index is 667. The maximum Gasteiger partial charge on any atom is 0.269 e. The van der Waals surface area contributed by atoms with E-state index in [1.807, 2.05) is 19.9 Å². The standard InChI is InChI=1S/C17H22N4O2/c1-16(2)10-17(8-12(9-19)14(16)22)5-7-21(11-17)15(23)13(20)4-3-6-18/h3-4,6,8H,5,7,10-11,18,20H2,1-2H3/b6-3-,13-4-. The van der Waals surface area contributed by atoms with Gasteiger partial charge in [-0.05, 0) is 31.2 Å². The number of ketones is 1. The predicted molar refractivity (Wildman–Crippen MR) is 86.3 cm³/mol. The largest absolute Gasteiger partial charge is 0.405 e. The fourth-order valence-corrected chi connectivity index (χ4v) is 3.58. The number of carbonyl (C=O) groups excluding carboxylic acids is 2. The third-order valence-corrected chi connectivity index (χ3v) is 4.53. The molecule has 1 aliphatic heterocycles. The Kier molecular flexibility index (Phi) is 4.33. The smallest absolute Gasteiger partial charge is 0.269 e. The Morgan fingerprint density at radius 3 is 2.78 bits per heavy atom. The van der Waals surface area contributed by atoms with Crippen LogP contribution in [0, 0.1) is 22.2 Å². The van der Waals surface area contributed by atoms with Crippen molar-refractivity contribution in [3.8, 4) is 6.07 Å². The van der Waals surface area contributed by atoms with Crippen LogP contribution in [-0.2, 0) is 9.59 Å². The van der Waals surface area contributed by atoms with E-state index in [-0.39, 0.29) is 28.4 Å². The van der Waals surface area contributed by atoms with Gasteiger partial charge in [0.05, 0.1) is 11.3 Å². The molecular formula is C17H22N4O2. The number of Topliss-reactive ketones (excluding diaryl/α,β-unsaturated/α-hetero) is 1. The van der Waals surface area contributed by atoms with Crippen molar-refractivity contribution in [1.82, 2.24) is 4.90 Å². The van der Waals surface area contributed by atoms with Gasteiger partial charge in [-0.3, -0.25) is 9.59 Å². The summed E-state index contributed by atoms with van der Waals surface area (Å²) >= 11 is 0. The number of amides is 1. The summed E-state index contributed by atoms with van der Waals surface area (Å²) in [5, 5.41) is 9.23. The first-order valence-electron chi connectivity index (χ1n) is 7.56. The van der Waals surface area contributed by atoms with Crippen LogP contribution in [-0.4, -0.2) is 29.7 Å². The van der Waals surface area contributed by atoms with Crippen molar-refractivity contribution < 1.29 is 9.59 Å². The molecule has 0 aromatic rings. The summed E-state index contributed by atoms with van der Waals surface area (Å²) in [6, 6.07) is 2.00. The van der Waals surface area contributed by atoms with Crippen LogP contribution >= 0.6 is 0 Å². The fraction of sp³-hybridized carbons (Fsp3) is 0.471. The van der Waals surface area contributed by atoms with Crippen molar-refractivity contribution in [2.45, 2.75) is 26.7 Å². The first kappa shape index (κ1) is 16.8. The minimum atomic E-state index is -0.595. The molecule has 4 N–H and O–H groups in total. The van der Waals surface area contributed by atoms with Gasteiger partial charge in [-0.2, -0.15) is 5.26 Å². The predicted octanol–water partition coefficient (Wildman–Crippen LogP) is 0.969. The van der Waals surface area contributed by atoms with Gasteiger partial charge in [0.2, 0.25) is 0 Å². The van der Waals surface area contributed by atoms with Crippen LogP contribution in [0.3, 0.4) is 0 Å². The molecule has 6 heteroatoms. The number of likely N-dealkylation sites (tertiary alicyclic amines) is 1. The molecule has 6 nitrogen and oxygen atoms in total. The second kappa shape index (κ2) is 5.92. The van der Waals surface area contributed by atoms with E-state index in [9.17, 15) is 14.9 Å². The number of hydrogen-bond acceptors (Lipinski definition) is 5. The Morgan fingerprint density at radius 1 is 1.48 bits per heavy atom. The number of nitriles is 1. The Labute approximate surface area is 136 Å². The van der Waals surface area contributed by atoms with Gasteiger partial charge >= 0.3 is 0 Å². The lowest BCUT2D eigenvalue weighted by molar-refractivity contribution is -0.127. The highest BCUT2D eigenvalue weighted by atomic mass is 16.2. The zero-order valence-corrected chi connectivity index (χ0v) is 13.5. The maximum absolute atomic E-state index is 12.4. The summed E-state index contributed by atoms with van der Waals surface area (Å²) in [5.41, 5.74) is 10.4. The molecule has 1 fully saturated rings. The molecule has 0 aromatic carbocycles. The zero-order chi connectivity index (χ0) is 17.3. The van der Waals surface area contributed by atoms with Gasteiger partial charge in [-0.15, -0.1) is 0 Å². The van der Waals surface area contributed by atoms with E-state index in [4.69, 9.17) is 11.5 Å². The molecule has 2 rings (SSSR count). The molecule has 23 heavy (non-hydrogen) atoms. The Morgan fingerprint density at radius 2 is 2.17 bits per heavy atom. The Hall–Kier alpha value is -2.55. The maximum atomic E-state index is 12.4. The Balaban J connectivity index is 2.25. The highest BCUT2D eigenvalue weighted by Gasteiger charge is 2.48. The van der Waals surface area contributed by atoms with Crippen molar-refractivity contribution in [3.05, 3.63) is 35.7 Å². The van der Waals surface area contributed by atoms with Crippen molar-refractivity contribution in [1.29, 1.82) is 5.26 Å². The molecule has 1 unspecified atom stereocenters. The summed E-state index contributed by atoms with van der Waals surface area (Å²) in [6.07, 6.45) is 7.39. The number of hydrogen-bond donors (Lipinski definition) is 2. The van der Waals surface area contributed by atoms with Gasteiger partial charge in [-0.25, -0.2) is 0 Å². The average Bonchev–Trinajstić information content (AvgIpc) is 2.90. The topological polar surface area (TPSA) is 113 Å². The number of carbonyl (C=O) groups is 2. The summed E-state index contributed by atoms with van der Waals surface area (Å²) in [7, 11) is 0. The monoisotopic (exact) mass is 314 g/mol. The van der Waals surface area contributed by atoms with Gasteiger partial charge < -0.3 is 16.4 Å². The second-order valence-corrected chi connectivity index (χ2v) is 6.91. The van der Waals surface area contributed by atoms with Crippen molar-refractivity contribution in [2.75, 3.05) is 13.1 Å².